The minimum absolute atomic E-state index is 0.214. The van der Waals surface area contributed by atoms with Gasteiger partial charge in [0, 0.05) is 18.9 Å². The number of ether oxygens (including phenoxy) is 1. The van der Waals surface area contributed by atoms with E-state index in [2.05, 4.69) is 0 Å². The molecular weight excluding hydrogens is 190 g/mol. The fraction of sp³-hybridized carbons (Fsp3) is 1.00. The molecule has 1 fully saturated rings. The molecule has 0 aromatic rings. The Bertz CT molecular complexity index is 244. The van der Waals surface area contributed by atoms with Crippen LogP contribution in [-0.4, -0.2) is 39.2 Å². The van der Waals surface area contributed by atoms with Gasteiger partial charge in [0.25, 0.3) is 0 Å². The van der Waals surface area contributed by atoms with Crippen LogP contribution in [0.2, 0.25) is 0 Å². The van der Waals surface area contributed by atoms with E-state index in [4.69, 9.17) is 10.5 Å². The van der Waals surface area contributed by atoms with E-state index in [0.29, 0.717) is 19.1 Å². The van der Waals surface area contributed by atoms with Crippen LogP contribution in [0, 0.1) is 0 Å². The third-order valence-electron chi connectivity index (χ3n) is 2.14. The van der Waals surface area contributed by atoms with E-state index < -0.39 is 9.84 Å². The minimum atomic E-state index is -2.83. The van der Waals surface area contributed by atoms with Gasteiger partial charge in [-0.15, -0.1) is 0 Å². The van der Waals surface area contributed by atoms with Gasteiger partial charge in [0.2, 0.25) is 0 Å². The summed E-state index contributed by atoms with van der Waals surface area (Å²) in [7, 11) is -2.83. The van der Waals surface area contributed by atoms with Crippen LogP contribution in [0.5, 0.6) is 0 Å². The highest BCUT2D eigenvalue weighted by molar-refractivity contribution is 7.90. The Balaban J connectivity index is 1.96. The molecule has 13 heavy (non-hydrogen) atoms. The second kappa shape index (κ2) is 4.39. The predicted octanol–water partition coefficient (Wildman–Crippen LogP) is -0.0726. The predicted molar refractivity (Wildman–Crippen MR) is 51.3 cm³/mol. The van der Waals surface area contributed by atoms with E-state index in [1.54, 1.807) is 0 Å². The maximum atomic E-state index is 10.7. The van der Waals surface area contributed by atoms with Crippen molar-refractivity contribution in [3.63, 3.8) is 0 Å². The highest BCUT2D eigenvalue weighted by Crippen LogP contribution is 2.21. The lowest BCUT2D eigenvalue weighted by atomic mass is 9.90. The molecule has 0 aromatic carbocycles. The van der Waals surface area contributed by atoms with E-state index in [0.717, 1.165) is 12.8 Å². The van der Waals surface area contributed by atoms with E-state index in [1.807, 2.05) is 0 Å². The molecule has 0 saturated heterocycles. The van der Waals surface area contributed by atoms with Gasteiger partial charge in [0.1, 0.15) is 9.84 Å². The molecule has 0 bridgehead atoms. The Morgan fingerprint density at radius 1 is 1.46 bits per heavy atom. The number of sulfone groups is 1. The Morgan fingerprint density at radius 3 is 2.54 bits per heavy atom. The van der Waals surface area contributed by atoms with E-state index in [1.165, 1.54) is 6.26 Å². The molecule has 1 aliphatic carbocycles. The first kappa shape index (κ1) is 10.9. The van der Waals surface area contributed by atoms with Crippen molar-refractivity contribution in [1.29, 1.82) is 0 Å². The average molecular weight is 207 g/mol. The second-order valence-corrected chi connectivity index (χ2v) is 5.97. The monoisotopic (exact) mass is 207 g/mol. The smallest absolute Gasteiger partial charge is 0.147 e. The molecule has 0 amide bonds. The molecule has 2 N–H and O–H groups in total. The highest BCUT2D eigenvalue weighted by atomic mass is 32.2. The Labute approximate surface area is 79.4 Å². The molecule has 0 aliphatic heterocycles. The van der Waals surface area contributed by atoms with Crippen LogP contribution in [0.25, 0.3) is 0 Å². The lowest BCUT2D eigenvalue weighted by Crippen LogP contribution is -2.41. The first-order valence-corrected chi connectivity index (χ1v) is 6.58. The molecule has 78 valence electrons. The van der Waals surface area contributed by atoms with E-state index in [9.17, 15) is 8.42 Å². The molecule has 1 aliphatic rings. The van der Waals surface area contributed by atoms with Crippen molar-refractivity contribution in [2.45, 2.75) is 31.4 Å². The van der Waals surface area contributed by atoms with Crippen LogP contribution in [0.1, 0.15) is 19.3 Å². The minimum Gasteiger partial charge on any atom is -0.378 e. The zero-order valence-corrected chi connectivity index (χ0v) is 8.72. The highest BCUT2D eigenvalue weighted by Gasteiger charge is 2.26. The fourth-order valence-electron chi connectivity index (χ4n) is 1.31. The summed E-state index contributed by atoms with van der Waals surface area (Å²) in [4.78, 5) is 0. The molecular formula is C8H17NO3S. The third kappa shape index (κ3) is 4.59. The molecule has 0 aromatic heterocycles. The van der Waals surface area contributed by atoms with Crippen LogP contribution in [0.4, 0.5) is 0 Å². The number of hydrogen-bond donors (Lipinski definition) is 1. The molecule has 1 saturated carbocycles. The van der Waals surface area contributed by atoms with Crippen LogP contribution < -0.4 is 5.73 Å². The first-order valence-electron chi connectivity index (χ1n) is 4.52. The number of rotatable bonds is 5. The largest absolute Gasteiger partial charge is 0.378 e. The summed E-state index contributed by atoms with van der Waals surface area (Å²) in [6, 6.07) is 0.292. The van der Waals surface area contributed by atoms with E-state index in [-0.39, 0.29) is 11.9 Å². The van der Waals surface area contributed by atoms with Crippen molar-refractivity contribution >= 4 is 9.84 Å². The van der Waals surface area contributed by atoms with Gasteiger partial charge in [0.05, 0.1) is 11.9 Å². The van der Waals surface area contributed by atoms with Gasteiger partial charge < -0.3 is 10.5 Å². The zero-order valence-electron chi connectivity index (χ0n) is 7.90. The Morgan fingerprint density at radius 2 is 2.08 bits per heavy atom. The van der Waals surface area contributed by atoms with Crippen molar-refractivity contribution in [2.75, 3.05) is 18.6 Å². The SMILES string of the molecule is CS(=O)(=O)CCCOC1CC(N)C1. The van der Waals surface area contributed by atoms with Crippen LogP contribution in [-0.2, 0) is 14.6 Å². The van der Waals surface area contributed by atoms with Crippen molar-refractivity contribution in [2.24, 2.45) is 5.73 Å². The fourth-order valence-corrected chi connectivity index (χ4v) is 1.96. The van der Waals surface area contributed by atoms with E-state index >= 15 is 0 Å². The van der Waals surface area contributed by atoms with Gasteiger partial charge in [-0.25, -0.2) is 8.42 Å². The van der Waals surface area contributed by atoms with Crippen molar-refractivity contribution < 1.29 is 13.2 Å². The summed E-state index contributed by atoms with van der Waals surface area (Å²) in [5.74, 6) is 0.214. The quantitative estimate of drug-likeness (QED) is 0.641. The molecule has 4 nitrogen and oxygen atoms in total. The second-order valence-electron chi connectivity index (χ2n) is 3.71. The Kier molecular flexibility index (Phi) is 3.70. The number of nitrogens with two attached hydrogens (primary N) is 1. The summed E-state index contributed by atoms with van der Waals surface area (Å²) in [5, 5.41) is 0. The maximum absolute atomic E-state index is 10.7. The first-order chi connectivity index (χ1) is 5.97. The summed E-state index contributed by atoms with van der Waals surface area (Å²) in [5.41, 5.74) is 5.57. The van der Waals surface area contributed by atoms with Crippen LogP contribution >= 0.6 is 0 Å². The van der Waals surface area contributed by atoms with Crippen LogP contribution in [0.15, 0.2) is 0 Å². The standard InChI is InChI=1S/C8H17NO3S/c1-13(10,11)4-2-3-12-8-5-7(9)6-8/h7-8H,2-6,9H2,1H3. The summed E-state index contributed by atoms with van der Waals surface area (Å²) in [6.45, 7) is 0.532. The molecule has 0 unspecified atom stereocenters. The third-order valence-corrected chi connectivity index (χ3v) is 3.17. The van der Waals surface area contributed by atoms with Crippen molar-refractivity contribution in [3.8, 4) is 0 Å². The molecule has 0 spiro atoms. The van der Waals surface area contributed by atoms with Gasteiger partial charge in [-0.05, 0) is 19.3 Å². The van der Waals surface area contributed by atoms with Crippen molar-refractivity contribution in [1.82, 2.24) is 0 Å². The van der Waals surface area contributed by atoms with Crippen molar-refractivity contribution in [3.05, 3.63) is 0 Å². The molecule has 1 rings (SSSR count). The molecule has 0 heterocycles. The van der Waals surface area contributed by atoms with Gasteiger partial charge in [-0.3, -0.25) is 0 Å². The van der Waals surface area contributed by atoms with Gasteiger partial charge in [0.15, 0.2) is 0 Å². The molecule has 0 atom stereocenters. The normalized spacial score (nSPS) is 28.5. The summed E-state index contributed by atoms with van der Waals surface area (Å²) >= 11 is 0. The summed E-state index contributed by atoms with van der Waals surface area (Å²) in [6.07, 6.45) is 3.93. The number of hydrogen-bond acceptors (Lipinski definition) is 4. The summed E-state index contributed by atoms with van der Waals surface area (Å²) < 4.78 is 26.9. The average Bonchev–Trinajstić information content (AvgIpc) is 1.91. The molecule has 5 heteroatoms. The molecule has 0 radical (unpaired) electrons. The lowest BCUT2D eigenvalue weighted by Gasteiger charge is -2.32. The van der Waals surface area contributed by atoms with Gasteiger partial charge in [-0.2, -0.15) is 0 Å². The topological polar surface area (TPSA) is 69.4 Å². The van der Waals surface area contributed by atoms with Gasteiger partial charge >= 0.3 is 0 Å². The van der Waals surface area contributed by atoms with Crippen LogP contribution in [0.3, 0.4) is 0 Å². The zero-order chi connectivity index (χ0) is 9.90. The lowest BCUT2D eigenvalue weighted by molar-refractivity contribution is -0.00758. The van der Waals surface area contributed by atoms with Gasteiger partial charge in [-0.1, -0.05) is 0 Å². The Hall–Kier alpha value is -0.130. The maximum Gasteiger partial charge on any atom is 0.147 e.